The molecule has 0 heterocycles. The van der Waals surface area contributed by atoms with Crippen LogP contribution in [0.15, 0.2) is 12.1 Å². The molecular formula is C10H8Cl2FNaO3. The molecule has 0 amide bonds. The fraction of sp³-hybridized carbons (Fsp3) is 0.200. The Morgan fingerprint density at radius 2 is 1.94 bits per heavy atom. The molecule has 0 fully saturated rings. The van der Waals surface area contributed by atoms with E-state index in [4.69, 9.17) is 23.2 Å². The second kappa shape index (κ2) is 7.34. The van der Waals surface area contributed by atoms with E-state index in [1.54, 1.807) is 0 Å². The van der Waals surface area contributed by atoms with E-state index in [0.29, 0.717) is 0 Å². The largest absolute Gasteiger partial charge is 1.00 e. The van der Waals surface area contributed by atoms with Gasteiger partial charge in [-0.15, -0.1) is 0 Å². The first kappa shape index (κ1) is 16.9. The summed E-state index contributed by atoms with van der Waals surface area (Å²) < 4.78 is 17.4. The summed E-state index contributed by atoms with van der Waals surface area (Å²) in [7, 11) is 1.15. The zero-order valence-electron chi connectivity index (χ0n) is 10.2. The van der Waals surface area contributed by atoms with Crippen LogP contribution in [0, 0.1) is 5.82 Å². The number of hydrogen-bond donors (Lipinski definition) is 0. The first-order valence-electron chi connectivity index (χ1n) is 4.20. The number of benzene rings is 1. The second-order valence-electron chi connectivity index (χ2n) is 2.92. The van der Waals surface area contributed by atoms with Crippen molar-refractivity contribution in [3.05, 3.63) is 33.6 Å². The van der Waals surface area contributed by atoms with Gasteiger partial charge in [0.15, 0.2) is 5.78 Å². The number of ether oxygens (including phenoxy) is 1. The Bertz CT molecular complexity index is 457. The summed E-state index contributed by atoms with van der Waals surface area (Å²) in [6, 6.07) is 2.01. The van der Waals surface area contributed by atoms with Gasteiger partial charge in [0.05, 0.1) is 17.2 Å². The van der Waals surface area contributed by atoms with Crippen LogP contribution in [0.2, 0.25) is 10.0 Å². The Kier molecular flexibility index (Phi) is 7.28. The molecule has 0 saturated heterocycles. The first-order chi connectivity index (χ1) is 7.45. The summed E-state index contributed by atoms with van der Waals surface area (Å²) in [6.45, 7) is 0. The zero-order valence-corrected chi connectivity index (χ0v) is 12.7. The quantitative estimate of drug-likeness (QED) is 0.258. The van der Waals surface area contributed by atoms with E-state index in [0.717, 1.165) is 19.2 Å². The number of Topliss-reactive ketones (excluding diaryl/α,β-unsaturated/α-hetero) is 1. The van der Waals surface area contributed by atoms with E-state index >= 15 is 0 Å². The van der Waals surface area contributed by atoms with E-state index in [2.05, 4.69) is 4.74 Å². The van der Waals surface area contributed by atoms with Gasteiger partial charge in [-0.2, -0.15) is 0 Å². The van der Waals surface area contributed by atoms with Gasteiger partial charge < -0.3 is 6.16 Å². The smallest absolute Gasteiger partial charge is 1.00 e. The van der Waals surface area contributed by atoms with Crippen molar-refractivity contribution in [3.63, 3.8) is 0 Å². The van der Waals surface area contributed by atoms with Crippen LogP contribution in [0.4, 0.5) is 4.39 Å². The molecule has 7 heteroatoms. The third-order valence-corrected chi connectivity index (χ3v) is 2.45. The third kappa shape index (κ3) is 4.56. The molecule has 0 unspecified atom stereocenters. The minimum atomic E-state index is -0.765. The standard InChI is InChI=1S/C10H7Cl2FO3.Na.H/c1-16-10(15)4-9(14)5-2-8(13)7(12)3-6(5)11;;/h2-3H,4H2,1H3;;/q;+1;-1. The Balaban J connectivity index is 0. The van der Waals surface area contributed by atoms with Gasteiger partial charge in [0.25, 0.3) is 0 Å². The van der Waals surface area contributed by atoms with Gasteiger partial charge in [0.1, 0.15) is 12.2 Å². The van der Waals surface area contributed by atoms with Crippen molar-refractivity contribution in [2.75, 3.05) is 7.11 Å². The van der Waals surface area contributed by atoms with E-state index in [-0.39, 0.29) is 46.6 Å². The third-order valence-electron chi connectivity index (χ3n) is 1.84. The second-order valence-corrected chi connectivity index (χ2v) is 3.74. The van der Waals surface area contributed by atoms with Crippen LogP contribution in [0.5, 0.6) is 0 Å². The predicted octanol–water partition coefficient (Wildman–Crippen LogP) is -0.00520. The van der Waals surface area contributed by atoms with Gasteiger partial charge in [0.2, 0.25) is 0 Å². The van der Waals surface area contributed by atoms with Gasteiger partial charge in [-0.1, -0.05) is 23.2 Å². The maximum atomic E-state index is 13.1. The molecule has 0 saturated carbocycles. The van der Waals surface area contributed by atoms with Crippen LogP contribution in [0.1, 0.15) is 18.2 Å². The summed E-state index contributed by atoms with van der Waals surface area (Å²) >= 11 is 11.2. The number of methoxy groups -OCH3 is 1. The molecule has 0 aliphatic rings. The maximum Gasteiger partial charge on any atom is 1.00 e. The van der Waals surface area contributed by atoms with Gasteiger partial charge in [-0.05, 0) is 12.1 Å². The fourth-order valence-electron chi connectivity index (χ4n) is 1.03. The first-order valence-corrected chi connectivity index (χ1v) is 4.96. The zero-order chi connectivity index (χ0) is 12.3. The van der Waals surface area contributed by atoms with Crippen LogP contribution in [-0.4, -0.2) is 18.9 Å². The molecule has 1 rings (SSSR count). The van der Waals surface area contributed by atoms with E-state index < -0.39 is 24.0 Å². The molecule has 1 aromatic carbocycles. The van der Waals surface area contributed by atoms with Gasteiger partial charge >= 0.3 is 35.5 Å². The van der Waals surface area contributed by atoms with Crippen molar-refractivity contribution in [2.24, 2.45) is 0 Å². The SMILES string of the molecule is COC(=O)CC(=O)c1cc(F)c(Cl)cc1Cl.[H-].[Na+]. The van der Waals surface area contributed by atoms with E-state index in [1.807, 2.05) is 0 Å². The number of carbonyl (C=O) groups is 2. The summed E-state index contributed by atoms with van der Waals surface area (Å²) in [6.07, 6.45) is -0.489. The van der Waals surface area contributed by atoms with Crippen LogP contribution in [-0.2, 0) is 9.53 Å². The average Bonchev–Trinajstić information content (AvgIpc) is 2.23. The van der Waals surface area contributed by atoms with Crippen LogP contribution in [0.25, 0.3) is 0 Å². The van der Waals surface area contributed by atoms with Crippen molar-refractivity contribution >= 4 is 35.0 Å². The van der Waals surface area contributed by atoms with Crippen molar-refractivity contribution < 1.29 is 49.7 Å². The van der Waals surface area contributed by atoms with Crippen LogP contribution < -0.4 is 29.6 Å². The van der Waals surface area contributed by atoms with Gasteiger partial charge in [-0.3, -0.25) is 9.59 Å². The summed E-state index contributed by atoms with van der Waals surface area (Å²) in [5.41, 5.74) is -0.0889. The van der Waals surface area contributed by atoms with Crippen molar-refractivity contribution in [3.8, 4) is 0 Å². The van der Waals surface area contributed by atoms with Crippen LogP contribution >= 0.6 is 23.2 Å². The predicted molar refractivity (Wildman–Crippen MR) is 58.5 cm³/mol. The fourth-order valence-corrected chi connectivity index (χ4v) is 1.52. The van der Waals surface area contributed by atoms with Crippen LogP contribution in [0.3, 0.4) is 0 Å². The van der Waals surface area contributed by atoms with E-state index in [9.17, 15) is 14.0 Å². The number of ketones is 1. The van der Waals surface area contributed by atoms with Gasteiger partial charge in [-0.25, -0.2) is 4.39 Å². The summed E-state index contributed by atoms with van der Waals surface area (Å²) in [4.78, 5) is 22.4. The molecule has 0 aliphatic heterocycles. The Labute approximate surface area is 131 Å². The molecule has 0 radical (unpaired) electrons. The monoisotopic (exact) mass is 288 g/mol. The molecule has 0 atom stereocenters. The molecule has 0 aromatic heterocycles. The number of halogens is 3. The van der Waals surface area contributed by atoms with Gasteiger partial charge in [0, 0.05) is 5.56 Å². The molecule has 0 aliphatic carbocycles. The molecule has 17 heavy (non-hydrogen) atoms. The average molecular weight is 289 g/mol. The number of carbonyl (C=O) groups excluding carboxylic acids is 2. The Hall–Kier alpha value is -0.130. The number of hydrogen-bond acceptors (Lipinski definition) is 3. The van der Waals surface area contributed by atoms with Crippen molar-refractivity contribution in [1.29, 1.82) is 0 Å². The van der Waals surface area contributed by atoms with Crippen molar-refractivity contribution in [1.82, 2.24) is 0 Å². The molecule has 0 N–H and O–H groups in total. The normalized spacial score (nSPS) is 9.41. The van der Waals surface area contributed by atoms with E-state index in [1.165, 1.54) is 0 Å². The molecule has 88 valence electrons. The topological polar surface area (TPSA) is 43.4 Å². The minimum Gasteiger partial charge on any atom is -1.00 e. The number of esters is 1. The Morgan fingerprint density at radius 3 is 2.47 bits per heavy atom. The number of rotatable bonds is 3. The molecule has 0 spiro atoms. The summed E-state index contributed by atoms with van der Waals surface area (Å²) in [5.74, 6) is -2.09. The summed E-state index contributed by atoms with van der Waals surface area (Å²) in [5, 5.41) is -0.181. The molecular weight excluding hydrogens is 281 g/mol. The molecule has 3 nitrogen and oxygen atoms in total. The molecule has 0 bridgehead atoms. The minimum absolute atomic E-state index is 0. The molecule has 1 aromatic rings. The Morgan fingerprint density at radius 1 is 1.35 bits per heavy atom. The van der Waals surface area contributed by atoms with Crippen molar-refractivity contribution in [2.45, 2.75) is 6.42 Å². The maximum absolute atomic E-state index is 13.1.